The molecule has 1 aromatic heterocycles. The molecular weight excluding hydrogens is 228 g/mol. The van der Waals surface area contributed by atoms with Crippen LogP contribution in [0.3, 0.4) is 0 Å². The van der Waals surface area contributed by atoms with Crippen molar-refractivity contribution in [3.05, 3.63) is 5.82 Å². The smallest absolute Gasteiger partial charge is 0.170 e. The van der Waals surface area contributed by atoms with Gasteiger partial charge in [0.15, 0.2) is 4.34 Å². The fraction of sp³-hybridized carbons (Fsp3) is 0.800. The first kappa shape index (κ1) is 12.9. The molecule has 0 saturated carbocycles. The molecule has 1 aromatic rings. The van der Waals surface area contributed by atoms with Crippen molar-refractivity contribution in [3.8, 4) is 0 Å². The number of aromatic nitrogens is 2. The molecule has 3 nitrogen and oxygen atoms in total. The Balaban J connectivity index is 2.54. The molecule has 15 heavy (non-hydrogen) atoms. The monoisotopic (exact) mass is 246 g/mol. The molecule has 1 heterocycles. The van der Waals surface area contributed by atoms with Crippen LogP contribution in [0.4, 0.5) is 0 Å². The van der Waals surface area contributed by atoms with Crippen molar-refractivity contribution < 1.29 is 5.11 Å². The molecule has 0 aromatic carbocycles. The van der Waals surface area contributed by atoms with Gasteiger partial charge in [0.25, 0.3) is 0 Å². The summed E-state index contributed by atoms with van der Waals surface area (Å²) in [5.41, 5.74) is 0.0257. The van der Waals surface area contributed by atoms with Gasteiger partial charge in [-0.25, -0.2) is 4.98 Å². The van der Waals surface area contributed by atoms with Crippen LogP contribution in [0.25, 0.3) is 0 Å². The van der Waals surface area contributed by atoms with Gasteiger partial charge in [0.1, 0.15) is 5.82 Å². The lowest BCUT2D eigenvalue weighted by Crippen LogP contribution is -2.13. The molecule has 1 atom stereocenters. The lowest BCUT2D eigenvalue weighted by atomic mass is 9.96. The number of aliphatic hydroxyl groups is 1. The quantitative estimate of drug-likeness (QED) is 0.829. The van der Waals surface area contributed by atoms with E-state index in [4.69, 9.17) is 5.11 Å². The van der Waals surface area contributed by atoms with Crippen molar-refractivity contribution in [2.45, 2.75) is 37.4 Å². The summed E-state index contributed by atoms with van der Waals surface area (Å²) in [6.07, 6.45) is 0. The topological polar surface area (TPSA) is 46.0 Å². The predicted octanol–water partition coefficient (Wildman–Crippen LogP) is 2.56. The van der Waals surface area contributed by atoms with E-state index in [0.717, 1.165) is 15.9 Å². The minimum Gasteiger partial charge on any atom is -0.396 e. The lowest BCUT2D eigenvalue weighted by molar-refractivity contribution is 0.250. The molecule has 0 fully saturated rings. The zero-order valence-electron chi connectivity index (χ0n) is 9.65. The van der Waals surface area contributed by atoms with Crippen LogP contribution in [-0.4, -0.2) is 26.8 Å². The fourth-order valence-electron chi connectivity index (χ4n) is 0.839. The van der Waals surface area contributed by atoms with Crippen LogP contribution in [-0.2, 0) is 5.41 Å². The molecule has 0 radical (unpaired) electrons. The first-order valence-corrected chi connectivity index (χ1v) is 6.77. The van der Waals surface area contributed by atoms with Gasteiger partial charge in [0, 0.05) is 17.8 Å². The summed E-state index contributed by atoms with van der Waals surface area (Å²) in [7, 11) is 0. The van der Waals surface area contributed by atoms with Crippen molar-refractivity contribution in [3.63, 3.8) is 0 Å². The second kappa shape index (κ2) is 5.27. The first-order valence-electron chi connectivity index (χ1n) is 5.01. The van der Waals surface area contributed by atoms with Crippen molar-refractivity contribution in [2.24, 2.45) is 5.92 Å². The van der Waals surface area contributed by atoms with Crippen LogP contribution < -0.4 is 0 Å². The molecular formula is C10H18N2OS2. The minimum atomic E-state index is 0.0257. The number of nitrogens with zero attached hydrogens (tertiary/aromatic N) is 2. The third kappa shape index (κ3) is 4.09. The molecule has 86 valence electrons. The molecule has 0 spiro atoms. The van der Waals surface area contributed by atoms with Crippen molar-refractivity contribution in [1.82, 2.24) is 9.36 Å². The highest BCUT2D eigenvalue weighted by atomic mass is 32.2. The Morgan fingerprint density at radius 2 is 2.13 bits per heavy atom. The van der Waals surface area contributed by atoms with Crippen LogP contribution in [0.5, 0.6) is 0 Å². The third-order valence-corrected chi connectivity index (χ3v) is 4.04. The van der Waals surface area contributed by atoms with Crippen LogP contribution in [0.1, 0.15) is 33.5 Å². The van der Waals surface area contributed by atoms with Crippen LogP contribution in [0, 0.1) is 5.92 Å². The van der Waals surface area contributed by atoms with E-state index in [2.05, 4.69) is 30.1 Å². The van der Waals surface area contributed by atoms with Crippen LogP contribution >= 0.6 is 23.3 Å². The van der Waals surface area contributed by atoms with Gasteiger partial charge in [-0.2, -0.15) is 4.37 Å². The summed E-state index contributed by atoms with van der Waals surface area (Å²) in [5.74, 6) is 2.12. The summed E-state index contributed by atoms with van der Waals surface area (Å²) in [6.45, 7) is 8.59. The second-order valence-electron chi connectivity index (χ2n) is 4.73. The maximum Gasteiger partial charge on any atom is 0.170 e. The van der Waals surface area contributed by atoms with E-state index in [1.165, 1.54) is 11.5 Å². The van der Waals surface area contributed by atoms with E-state index in [-0.39, 0.29) is 12.0 Å². The highest BCUT2D eigenvalue weighted by molar-refractivity contribution is 8.00. The fourth-order valence-corrected chi connectivity index (χ4v) is 2.66. The Morgan fingerprint density at radius 1 is 1.47 bits per heavy atom. The van der Waals surface area contributed by atoms with Gasteiger partial charge < -0.3 is 5.11 Å². The minimum absolute atomic E-state index is 0.0257. The molecule has 0 aliphatic carbocycles. The SMILES string of the molecule is CC(CO)CSc1nc(C(C)(C)C)ns1. The summed E-state index contributed by atoms with van der Waals surface area (Å²) in [5, 5.41) is 8.90. The average molecular weight is 246 g/mol. The molecule has 0 amide bonds. The van der Waals surface area contributed by atoms with Crippen molar-refractivity contribution in [2.75, 3.05) is 12.4 Å². The molecule has 5 heteroatoms. The molecule has 0 saturated heterocycles. The van der Waals surface area contributed by atoms with Gasteiger partial charge >= 0.3 is 0 Å². The molecule has 1 N–H and O–H groups in total. The van der Waals surface area contributed by atoms with Gasteiger partial charge in [0.05, 0.1) is 0 Å². The van der Waals surface area contributed by atoms with E-state index >= 15 is 0 Å². The molecule has 0 aliphatic heterocycles. The highest BCUT2D eigenvalue weighted by Crippen LogP contribution is 2.27. The molecule has 0 aliphatic rings. The Hall–Kier alpha value is -0.130. The number of thioether (sulfide) groups is 1. The highest BCUT2D eigenvalue weighted by Gasteiger charge is 2.19. The predicted molar refractivity (Wildman–Crippen MR) is 65.6 cm³/mol. The van der Waals surface area contributed by atoms with Gasteiger partial charge in [-0.1, -0.05) is 39.5 Å². The van der Waals surface area contributed by atoms with Crippen molar-refractivity contribution in [1.29, 1.82) is 0 Å². The summed E-state index contributed by atoms with van der Waals surface area (Å²) >= 11 is 3.12. The standard InChI is InChI=1S/C10H18N2OS2/c1-7(5-13)6-14-9-11-8(12-15-9)10(2,3)4/h7,13H,5-6H2,1-4H3. The van der Waals surface area contributed by atoms with Gasteiger partial charge in [-0.05, 0) is 17.5 Å². The molecule has 1 rings (SSSR count). The van der Waals surface area contributed by atoms with E-state index in [9.17, 15) is 0 Å². The maximum atomic E-state index is 8.90. The summed E-state index contributed by atoms with van der Waals surface area (Å²) < 4.78 is 5.34. The van der Waals surface area contributed by atoms with Gasteiger partial charge in [-0.3, -0.25) is 0 Å². The Morgan fingerprint density at radius 3 is 2.60 bits per heavy atom. The number of hydrogen-bond acceptors (Lipinski definition) is 5. The first-order chi connectivity index (χ1) is 6.93. The normalized spacial score (nSPS) is 14.2. The van der Waals surface area contributed by atoms with E-state index in [0.29, 0.717) is 5.92 Å². The second-order valence-corrected chi connectivity index (χ2v) is 6.75. The average Bonchev–Trinajstić information content (AvgIpc) is 2.61. The Bertz CT molecular complexity index is 307. The van der Waals surface area contributed by atoms with Crippen LogP contribution in [0.15, 0.2) is 4.34 Å². The summed E-state index contributed by atoms with van der Waals surface area (Å²) in [6, 6.07) is 0. The van der Waals surface area contributed by atoms with E-state index < -0.39 is 0 Å². The van der Waals surface area contributed by atoms with Crippen molar-refractivity contribution >= 4 is 23.3 Å². The van der Waals surface area contributed by atoms with Gasteiger partial charge in [0.2, 0.25) is 0 Å². The number of aliphatic hydroxyl groups excluding tert-OH is 1. The summed E-state index contributed by atoms with van der Waals surface area (Å²) in [4.78, 5) is 4.48. The van der Waals surface area contributed by atoms with Gasteiger partial charge in [-0.15, -0.1) is 0 Å². The van der Waals surface area contributed by atoms with Crippen LogP contribution in [0.2, 0.25) is 0 Å². The molecule has 1 unspecified atom stereocenters. The Kier molecular flexibility index (Phi) is 4.55. The molecule has 0 bridgehead atoms. The Labute approximate surface area is 99.5 Å². The zero-order valence-corrected chi connectivity index (χ0v) is 11.3. The van der Waals surface area contributed by atoms with E-state index in [1.54, 1.807) is 11.8 Å². The third-order valence-electron chi connectivity index (χ3n) is 1.88. The zero-order chi connectivity index (χ0) is 11.5. The lowest BCUT2D eigenvalue weighted by Gasteiger charge is -2.12. The largest absolute Gasteiger partial charge is 0.396 e. The number of rotatable bonds is 4. The maximum absolute atomic E-state index is 8.90. The van der Waals surface area contributed by atoms with E-state index in [1.807, 2.05) is 6.92 Å². The number of hydrogen-bond donors (Lipinski definition) is 1.